The van der Waals surface area contributed by atoms with E-state index in [2.05, 4.69) is 21.2 Å². The third kappa shape index (κ3) is 3.71. The first-order valence-electron chi connectivity index (χ1n) is 5.78. The molecule has 0 bridgehead atoms. The Balaban J connectivity index is 1.92. The molecule has 0 aliphatic carbocycles. The van der Waals surface area contributed by atoms with Crippen molar-refractivity contribution in [2.75, 3.05) is 17.7 Å². The minimum Gasteiger partial charge on any atom is -0.484 e. The lowest BCUT2D eigenvalue weighted by Gasteiger charge is -2.09. The second-order valence-electron chi connectivity index (χ2n) is 4.00. The van der Waals surface area contributed by atoms with Crippen LogP contribution in [-0.4, -0.2) is 12.5 Å². The van der Waals surface area contributed by atoms with Crippen molar-refractivity contribution in [2.24, 2.45) is 0 Å². The van der Waals surface area contributed by atoms with E-state index in [1.165, 1.54) is 12.1 Å². The molecule has 2 rings (SSSR count). The van der Waals surface area contributed by atoms with E-state index in [-0.39, 0.29) is 18.3 Å². The number of nitrogen functional groups attached to an aromatic ring is 1. The molecule has 0 atom stereocenters. The minimum absolute atomic E-state index is 0.227. The predicted molar refractivity (Wildman–Crippen MR) is 79.1 cm³/mol. The first-order chi connectivity index (χ1) is 9.56. The molecule has 4 nitrogen and oxygen atoms in total. The van der Waals surface area contributed by atoms with E-state index in [1.54, 1.807) is 30.3 Å². The van der Waals surface area contributed by atoms with Gasteiger partial charge in [-0.1, -0.05) is 12.1 Å². The smallest absolute Gasteiger partial charge is 0.262 e. The van der Waals surface area contributed by atoms with Crippen LogP contribution in [0.4, 0.5) is 15.8 Å². The van der Waals surface area contributed by atoms with Crippen molar-refractivity contribution in [3.63, 3.8) is 0 Å². The number of benzene rings is 2. The summed E-state index contributed by atoms with van der Waals surface area (Å²) in [6.07, 6.45) is 0. The Labute approximate surface area is 123 Å². The number of para-hydroxylation sites is 2. The number of halogens is 2. The Morgan fingerprint density at radius 1 is 1.30 bits per heavy atom. The zero-order valence-electron chi connectivity index (χ0n) is 10.4. The lowest BCUT2D eigenvalue weighted by atomic mass is 10.2. The number of amides is 1. The van der Waals surface area contributed by atoms with Crippen LogP contribution in [-0.2, 0) is 4.79 Å². The molecular formula is C14H12BrFN2O2. The molecule has 0 aliphatic rings. The molecule has 20 heavy (non-hydrogen) atoms. The Bertz CT molecular complexity index is 634. The van der Waals surface area contributed by atoms with Gasteiger partial charge in [0.05, 0.1) is 15.8 Å². The number of hydrogen-bond donors (Lipinski definition) is 2. The molecule has 0 saturated heterocycles. The third-order valence-electron chi connectivity index (χ3n) is 2.50. The highest BCUT2D eigenvalue weighted by Crippen LogP contribution is 2.21. The van der Waals surface area contributed by atoms with Gasteiger partial charge < -0.3 is 15.8 Å². The van der Waals surface area contributed by atoms with E-state index in [9.17, 15) is 9.18 Å². The highest BCUT2D eigenvalue weighted by atomic mass is 79.9. The second-order valence-corrected chi connectivity index (χ2v) is 4.85. The maximum absolute atomic E-state index is 13.3. The van der Waals surface area contributed by atoms with E-state index in [0.29, 0.717) is 15.8 Å². The fourth-order valence-electron chi connectivity index (χ4n) is 1.51. The molecule has 0 spiro atoms. The van der Waals surface area contributed by atoms with Gasteiger partial charge in [-0.25, -0.2) is 4.39 Å². The van der Waals surface area contributed by atoms with E-state index < -0.39 is 5.82 Å². The molecule has 3 N–H and O–H groups in total. The quantitative estimate of drug-likeness (QED) is 0.841. The highest BCUT2D eigenvalue weighted by Gasteiger charge is 2.07. The summed E-state index contributed by atoms with van der Waals surface area (Å²) in [7, 11) is 0. The molecule has 0 aromatic heterocycles. The molecule has 0 unspecified atom stereocenters. The number of ether oxygens (including phenoxy) is 1. The van der Waals surface area contributed by atoms with Gasteiger partial charge >= 0.3 is 0 Å². The Hall–Kier alpha value is -2.08. The summed E-state index contributed by atoms with van der Waals surface area (Å²) < 4.78 is 18.8. The number of rotatable bonds is 4. The number of nitrogens with two attached hydrogens (primary N) is 1. The second kappa shape index (κ2) is 6.38. The molecule has 104 valence electrons. The van der Waals surface area contributed by atoms with Crippen LogP contribution < -0.4 is 15.8 Å². The average molecular weight is 339 g/mol. The van der Waals surface area contributed by atoms with Crippen LogP contribution in [0.3, 0.4) is 0 Å². The monoisotopic (exact) mass is 338 g/mol. The summed E-state index contributed by atoms with van der Waals surface area (Å²) in [4.78, 5) is 11.7. The maximum Gasteiger partial charge on any atom is 0.262 e. The normalized spacial score (nSPS) is 10.1. The molecule has 2 aromatic carbocycles. The maximum atomic E-state index is 13.3. The highest BCUT2D eigenvalue weighted by molar-refractivity contribution is 9.10. The standard InChI is InChI=1S/C14H12BrFN2O2/c15-10-6-5-9(7-11(10)16)20-8-14(19)18-13-4-2-1-3-12(13)17/h1-7H,8,17H2,(H,18,19). The van der Waals surface area contributed by atoms with Gasteiger partial charge in [0, 0.05) is 6.07 Å². The molecule has 0 fully saturated rings. The van der Waals surface area contributed by atoms with Gasteiger partial charge in [-0.3, -0.25) is 4.79 Å². The van der Waals surface area contributed by atoms with E-state index in [0.717, 1.165) is 0 Å². The average Bonchev–Trinajstić information content (AvgIpc) is 2.43. The largest absolute Gasteiger partial charge is 0.484 e. The molecule has 0 radical (unpaired) electrons. The number of nitrogens with one attached hydrogen (secondary N) is 1. The fraction of sp³-hybridized carbons (Fsp3) is 0.0714. The Kier molecular flexibility index (Phi) is 4.57. The number of carbonyl (C=O) groups is 1. The van der Waals surface area contributed by atoms with Crippen LogP contribution in [0.5, 0.6) is 5.75 Å². The molecule has 6 heteroatoms. The number of anilines is 2. The van der Waals surface area contributed by atoms with Gasteiger partial charge in [0.2, 0.25) is 0 Å². The summed E-state index contributed by atoms with van der Waals surface area (Å²) >= 11 is 3.04. The van der Waals surface area contributed by atoms with Crippen LogP contribution >= 0.6 is 15.9 Å². The van der Waals surface area contributed by atoms with Gasteiger partial charge in [-0.05, 0) is 40.2 Å². The predicted octanol–water partition coefficient (Wildman–Crippen LogP) is 3.19. The summed E-state index contributed by atoms with van der Waals surface area (Å²) in [6.45, 7) is -0.227. The van der Waals surface area contributed by atoms with Crippen LogP contribution in [0.25, 0.3) is 0 Å². The van der Waals surface area contributed by atoms with Crippen LogP contribution in [0.15, 0.2) is 46.9 Å². The van der Waals surface area contributed by atoms with Gasteiger partial charge in [0.25, 0.3) is 5.91 Å². The van der Waals surface area contributed by atoms with Crippen LogP contribution in [0.1, 0.15) is 0 Å². The molecule has 0 saturated carbocycles. The SMILES string of the molecule is Nc1ccccc1NC(=O)COc1ccc(Br)c(F)c1. The first kappa shape index (κ1) is 14.3. The van der Waals surface area contributed by atoms with Crippen molar-refractivity contribution in [2.45, 2.75) is 0 Å². The minimum atomic E-state index is -0.449. The zero-order chi connectivity index (χ0) is 14.5. The third-order valence-corrected chi connectivity index (χ3v) is 3.14. The van der Waals surface area contributed by atoms with Crippen molar-refractivity contribution in [3.05, 3.63) is 52.8 Å². The van der Waals surface area contributed by atoms with Gasteiger partial charge in [0.1, 0.15) is 11.6 Å². The topological polar surface area (TPSA) is 64.3 Å². The van der Waals surface area contributed by atoms with Crippen molar-refractivity contribution in [1.29, 1.82) is 0 Å². The molecule has 2 aromatic rings. The molecular weight excluding hydrogens is 327 g/mol. The van der Waals surface area contributed by atoms with Crippen molar-refractivity contribution < 1.29 is 13.9 Å². The van der Waals surface area contributed by atoms with Gasteiger partial charge in [0.15, 0.2) is 6.61 Å². The van der Waals surface area contributed by atoms with E-state index in [4.69, 9.17) is 10.5 Å². The summed E-state index contributed by atoms with van der Waals surface area (Å²) in [5.74, 6) is -0.539. The summed E-state index contributed by atoms with van der Waals surface area (Å²) in [6, 6.07) is 11.2. The van der Waals surface area contributed by atoms with E-state index >= 15 is 0 Å². The molecule has 0 aliphatic heterocycles. The Morgan fingerprint density at radius 3 is 2.75 bits per heavy atom. The lowest BCUT2D eigenvalue weighted by Crippen LogP contribution is -2.20. The van der Waals surface area contributed by atoms with Crippen LogP contribution in [0, 0.1) is 5.82 Å². The van der Waals surface area contributed by atoms with Crippen molar-refractivity contribution >= 4 is 33.2 Å². The zero-order valence-corrected chi connectivity index (χ0v) is 12.0. The summed E-state index contributed by atoms with van der Waals surface area (Å²) in [5, 5.41) is 2.61. The summed E-state index contributed by atoms with van der Waals surface area (Å²) in [5.41, 5.74) is 6.69. The van der Waals surface area contributed by atoms with Crippen LogP contribution in [0.2, 0.25) is 0 Å². The van der Waals surface area contributed by atoms with Crippen molar-refractivity contribution in [1.82, 2.24) is 0 Å². The molecule has 0 heterocycles. The lowest BCUT2D eigenvalue weighted by molar-refractivity contribution is -0.118. The molecule has 1 amide bonds. The van der Waals surface area contributed by atoms with Crippen molar-refractivity contribution in [3.8, 4) is 5.75 Å². The van der Waals surface area contributed by atoms with E-state index in [1.807, 2.05) is 0 Å². The van der Waals surface area contributed by atoms with Gasteiger partial charge in [-0.2, -0.15) is 0 Å². The number of carbonyl (C=O) groups excluding carboxylic acids is 1. The van der Waals surface area contributed by atoms with Gasteiger partial charge in [-0.15, -0.1) is 0 Å². The Morgan fingerprint density at radius 2 is 2.05 bits per heavy atom. The fourth-order valence-corrected chi connectivity index (χ4v) is 1.76. The first-order valence-corrected chi connectivity index (χ1v) is 6.58. The number of hydrogen-bond acceptors (Lipinski definition) is 3.